The molecule has 6 heteroatoms. The van der Waals surface area contributed by atoms with Gasteiger partial charge in [0.1, 0.15) is 0 Å². The fourth-order valence-electron chi connectivity index (χ4n) is 2.45. The molecule has 1 aromatic rings. The van der Waals surface area contributed by atoms with Gasteiger partial charge in [-0.2, -0.15) is 0 Å². The van der Waals surface area contributed by atoms with Gasteiger partial charge in [-0.1, -0.05) is 18.7 Å². The summed E-state index contributed by atoms with van der Waals surface area (Å²) in [6.45, 7) is 7.91. The van der Waals surface area contributed by atoms with Crippen molar-refractivity contribution in [1.82, 2.24) is 15.3 Å². The maximum atomic E-state index is 11.8. The molecule has 0 saturated heterocycles. The Balaban J connectivity index is 2.01. The van der Waals surface area contributed by atoms with Crippen LogP contribution < -0.4 is 11.1 Å². The minimum atomic E-state index is -0.660. The van der Waals surface area contributed by atoms with E-state index in [0.717, 1.165) is 29.4 Å². The van der Waals surface area contributed by atoms with Gasteiger partial charge in [0, 0.05) is 22.7 Å². The van der Waals surface area contributed by atoms with E-state index in [1.165, 1.54) is 0 Å². The van der Waals surface area contributed by atoms with E-state index in [-0.39, 0.29) is 11.2 Å². The van der Waals surface area contributed by atoms with Crippen LogP contribution >= 0.6 is 11.8 Å². The van der Waals surface area contributed by atoms with Crippen LogP contribution in [0.1, 0.15) is 44.5 Å². The smallest absolute Gasteiger partial charge is 0.237 e. The molecule has 5 nitrogen and oxygen atoms in total. The van der Waals surface area contributed by atoms with Crippen LogP contribution in [0.4, 0.5) is 0 Å². The van der Waals surface area contributed by atoms with Crippen LogP contribution in [-0.4, -0.2) is 32.7 Å². The predicted octanol–water partition coefficient (Wildman–Crippen LogP) is 1.96. The fourth-order valence-corrected chi connectivity index (χ4v) is 3.62. The van der Waals surface area contributed by atoms with Crippen molar-refractivity contribution >= 4 is 17.7 Å². The minimum absolute atomic E-state index is 0.204. The molecule has 0 radical (unpaired) electrons. The van der Waals surface area contributed by atoms with Gasteiger partial charge in [-0.05, 0) is 46.1 Å². The van der Waals surface area contributed by atoms with Gasteiger partial charge in [0.05, 0.1) is 5.54 Å². The summed E-state index contributed by atoms with van der Waals surface area (Å²) in [5, 5.41) is 4.34. The number of nitrogens with two attached hydrogens (primary N) is 1. The fraction of sp³-hybridized carbons (Fsp3) is 0.667. The molecule has 2 atom stereocenters. The van der Waals surface area contributed by atoms with Crippen LogP contribution in [0.3, 0.4) is 0 Å². The Morgan fingerprint density at radius 1 is 1.48 bits per heavy atom. The molecule has 1 aliphatic carbocycles. The number of hydrogen-bond donors (Lipinski definition) is 2. The summed E-state index contributed by atoms with van der Waals surface area (Å²) in [6.07, 6.45) is 2.93. The molecule has 0 aromatic carbocycles. The zero-order valence-electron chi connectivity index (χ0n) is 13.1. The molecule has 1 amide bonds. The molecule has 1 fully saturated rings. The lowest BCUT2D eigenvalue weighted by Crippen LogP contribution is -2.55. The van der Waals surface area contributed by atoms with E-state index < -0.39 is 5.54 Å². The van der Waals surface area contributed by atoms with Gasteiger partial charge >= 0.3 is 0 Å². The van der Waals surface area contributed by atoms with Crippen molar-refractivity contribution in [1.29, 1.82) is 0 Å². The summed E-state index contributed by atoms with van der Waals surface area (Å²) in [6, 6.07) is 2.40. The normalized spacial score (nSPS) is 19.0. The number of nitrogens with zero attached hydrogens (tertiary/aromatic N) is 2. The highest BCUT2D eigenvalue weighted by molar-refractivity contribution is 7.99. The van der Waals surface area contributed by atoms with Gasteiger partial charge in [-0.15, -0.1) is 0 Å². The van der Waals surface area contributed by atoms with Crippen molar-refractivity contribution in [2.24, 2.45) is 5.73 Å². The lowest BCUT2D eigenvalue weighted by atomic mass is 9.95. The van der Waals surface area contributed by atoms with Crippen molar-refractivity contribution in [2.45, 2.75) is 68.9 Å². The summed E-state index contributed by atoms with van der Waals surface area (Å²) in [5.74, 6) is -0.289. The third kappa shape index (κ3) is 4.68. The third-order valence-corrected chi connectivity index (χ3v) is 4.57. The minimum Gasteiger partial charge on any atom is -0.368 e. The standard InChI is InChI=1S/C15H24N4OS/c1-9-7-10(2)18-14(17-9)21-11(3)8-15(4,13(16)20)19-12-5-6-12/h7,11-12,19H,5-6,8H2,1-4H3,(H2,16,20). The van der Waals surface area contributed by atoms with Crippen molar-refractivity contribution in [2.75, 3.05) is 0 Å². The van der Waals surface area contributed by atoms with E-state index in [1.807, 2.05) is 26.8 Å². The highest BCUT2D eigenvalue weighted by atomic mass is 32.2. The average molecular weight is 308 g/mol. The highest BCUT2D eigenvalue weighted by Gasteiger charge is 2.38. The van der Waals surface area contributed by atoms with Crippen molar-refractivity contribution < 1.29 is 4.79 Å². The molecule has 2 unspecified atom stereocenters. The second kappa shape index (κ2) is 6.32. The van der Waals surface area contributed by atoms with E-state index in [2.05, 4.69) is 22.2 Å². The molecular weight excluding hydrogens is 284 g/mol. The number of aromatic nitrogens is 2. The van der Waals surface area contributed by atoms with Crippen molar-refractivity contribution in [3.05, 3.63) is 17.5 Å². The largest absolute Gasteiger partial charge is 0.368 e. The molecule has 1 saturated carbocycles. The maximum absolute atomic E-state index is 11.8. The Kier molecular flexibility index (Phi) is 4.88. The van der Waals surface area contributed by atoms with Crippen LogP contribution in [0.2, 0.25) is 0 Å². The Morgan fingerprint density at radius 2 is 2.05 bits per heavy atom. The predicted molar refractivity (Wildman–Crippen MR) is 85.2 cm³/mol. The molecule has 0 aliphatic heterocycles. The third-order valence-electron chi connectivity index (χ3n) is 3.61. The molecule has 0 bridgehead atoms. The summed E-state index contributed by atoms with van der Waals surface area (Å²) < 4.78 is 0. The van der Waals surface area contributed by atoms with E-state index in [4.69, 9.17) is 5.73 Å². The Labute approximate surface area is 130 Å². The Hall–Kier alpha value is -1.14. The van der Waals surface area contributed by atoms with Crippen LogP contribution in [0.5, 0.6) is 0 Å². The number of nitrogens with one attached hydrogen (secondary N) is 1. The first-order valence-electron chi connectivity index (χ1n) is 7.35. The van der Waals surface area contributed by atoms with Crippen LogP contribution in [0, 0.1) is 13.8 Å². The number of aryl methyl sites for hydroxylation is 2. The highest BCUT2D eigenvalue weighted by Crippen LogP contribution is 2.30. The van der Waals surface area contributed by atoms with Crippen LogP contribution in [0.25, 0.3) is 0 Å². The number of carbonyl (C=O) groups excluding carboxylic acids is 1. The van der Waals surface area contributed by atoms with Crippen molar-refractivity contribution in [3.8, 4) is 0 Å². The lowest BCUT2D eigenvalue weighted by molar-refractivity contribution is -0.124. The SMILES string of the molecule is Cc1cc(C)nc(SC(C)CC(C)(NC2CC2)C(N)=O)n1. The molecule has 3 N–H and O–H groups in total. The van der Waals surface area contributed by atoms with E-state index >= 15 is 0 Å². The van der Waals surface area contributed by atoms with Gasteiger partial charge < -0.3 is 11.1 Å². The van der Waals surface area contributed by atoms with E-state index in [1.54, 1.807) is 11.8 Å². The number of carbonyl (C=O) groups is 1. The van der Waals surface area contributed by atoms with E-state index in [9.17, 15) is 4.79 Å². The lowest BCUT2D eigenvalue weighted by Gasteiger charge is -2.30. The van der Waals surface area contributed by atoms with E-state index in [0.29, 0.717) is 12.5 Å². The molecule has 116 valence electrons. The first kappa shape index (κ1) is 16.2. The molecular formula is C15H24N4OS. The maximum Gasteiger partial charge on any atom is 0.237 e. The Morgan fingerprint density at radius 3 is 2.52 bits per heavy atom. The molecule has 2 rings (SSSR count). The van der Waals surface area contributed by atoms with Crippen molar-refractivity contribution in [3.63, 3.8) is 0 Å². The Bertz CT molecular complexity index is 512. The van der Waals surface area contributed by atoms with Gasteiger partial charge in [0.15, 0.2) is 5.16 Å². The number of thioether (sulfide) groups is 1. The number of rotatable bonds is 7. The number of hydrogen-bond acceptors (Lipinski definition) is 5. The monoisotopic (exact) mass is 308 g/mol. The average Bonchev–Trinajstić information content (AvgIpc) is 3.10. The number of amides is 1. The molecule has 1 aromatic heterocycles. The second-order valence-corrected chi connectivity index (χ2v) is 7.59. The summed E-state index contributed by atoms with van der Waals surface area (Å²) in [5.41, 5.74) is 6.86. The summed E-state index contributed by atoms with van der Waals surface area (Å²) >= 11 is 1.59. The van der Waals surface area contributed by atoms with Gasteiger partial charge in [-0.25, -0.2) is 9.97 Å². The molecule has 1 heterocycles. The quantitative estimate of drug-likeness (QED) is 0.594. The first-order chi connectivity index (χ1) is 9.78. The van der Waals surface area contributed by atoms with Gasteiger partial charge in [0.25, 0.3) is 0 Å². The molecule has 21 heavy (non-hydrogen) atoms. The number of primary amides is 1. The topological polar surface area (TPSA) is 80.9 Å². The van der Waals surface area contributed by atoms with Crippen LogP contribution in [-0.2, 0) is 4.79 Å². The molecule has 0 spiro atoms. The first-order valence-corrected chi connectivity index (χ1v) is 8.23. The van der Waals surface area contributed by atoms with Crippen LogP contribution in [0.15, 0.2) is 11.2 Å². The second-order valence-electron chi connectivity index (χ2n) is 6.18. The summed E-state index contributed by atoms with van der Waals surface area (Å²) in [4.78, 5) is 20.7. The zero-order valence-corrected chi connectivity index (χ0v) is 14.0. The zero-order chi connectivity index (χ0) is 15.6. The molecule has 1 aliphatic rings. The van der Waals surface area contributed by atoms with Gasteiger partial charge in [-0.3, -0.25) is 4.79 Å². The van der Waals surface area contributed by atoms with Gasteiger partial charge in [0.2, 0.25) is 5.91 Å². The summed E-state index contributed by atoms with van der Waals surface area (Å²) in [7, 11) is 0.